The van der Waals surface area contributed by atoms with Crippen molar-refractivity contribution in [3.8, 4) is 0 Å². The number of carbonyl (C=O) groups is 6. The number of rotatable bonds is 4. The zero-order valence-corrected chi connectivity index (χ0v) is 27.0. The van der Waals surface area contributed by atoms with Gasteiger partial charge in [-0.2, -0.15) is 0 Å². The number of hydrogen-bond donors (Lipinski definition) is 0. The molecular weight excluding hydrogens is 616 g/mol. The minimum Gasteiger partial charge on any atom is -0.461 e. The maximum atomic E-state index is 13.5. The summed E-state index contributed by atoms with van der Waals surface area (Å²) in [6.07, 6.45) is 5.77. The normalized spacial score (nSPS) is 23.2. The first-order chi connectivity index (χ1) is 23.3. The Labute approximate surface area is 280 Å². The van der Waals surface area contributed by atoms with Crippen molar-refractivity contribution in [3.63, 3.8) is 0 Å². The molecule has 48 heavy (non-hydrogen) atoms. The van der Waals surface area contributed by atoms with Gasteiger partial charge in [0.25, 0.3) is 11.8 Å². The van der Waals surface area contributed by atoms with Gasteiger partial charge in [-0.25, -0.2) is 9.59 Å². The van der Waals surface area contributed by atoms with Gasteiger partial charge in [0.05, 0.1) is 0 Å². The first-order valence-corrected chi connectivity index (χ1v) is 16.6. The minimum atomic E-state index is -0.787. The molecule has 3 heterocycles. The molecule has 0 radical (unpaired) electrons. The third kappa shape index (κ3) is 8.67. The van der Waals surface area contributed by atoms with Crippen molar-refractivity contribution in [2.45, 2.75) is 76.5 Å². The van der Waals surface area contributed by atoms with Crippen LogP contribution in [-0.4, -0.2) is 93.8 Å². The summed E-state index contributed by atoms with van der Waals surface area (Å²) < 4.78 is 10.5. The van der Waals surface area contributed by atoms with Gasteiger partial charge < -0.3 is 19.3 Å². The lowest BCUT2D eigenvalue weighted by Gasteiger charge is -2.22. The van der Waals surface area contributed by atoms with Gasteiger partial charge in [0.2, 0.25) is 0 Å². The van der Waals surface area contributed by atoms with Crippen molar-refractivity contribution in [3.05, 3.63) is 83.9 Å². The summed E-state index contributed by atoms with van der Waals surface area (Å²) in [5.41, 5.74) is 1.75. The molecule has 3 aliphatic heterocycles. The molecule has 2 fully saturated rings. The van der Waals surface area contributed by atoms with E-state index in [2.05, 4.69) is 0 Å². The van der Waals surface area contributed by atoms with Gasteiger partial charge in [0, 0.05) is 39.0 Å². The van der Waals surface area contributed by atoms with Crippen LogP contribution in [0.4, 0.5) is 9.59 Å². The number of amides is 6. The largest absolute Gasteiger partial charge is 0.461 e. The molecule has 2 unspecified atom stereocenters. The number of hydrogen-bond acceptors (Lipinski definition) is 8. The molecule has 5 rings (SSSR count). The number of ether oxygens (including phenoxy) is 2. The van der Waals surface area contributed by atoms with E-state index in [1.54, 1.807) is 12.2 Å². The topological polar surface area (TPSA) is 134 Å². The third-order valence-electron chi connectivity index (χ3n) is 8.80. The molecule has 6 amide bonds. The van der Waals surface area contributed by atoms with Gasteiger partial charge >= 0.3 is 24.0 Å². The highest BCUT2D eigenvalue weighted by Gasteiger charge is 2.45. The van der Waals surface area contributed by atoms with Gasteiger partial charge in [0.15, 0.2) is 0 Å². The van der Waals surface area contributed by atoms with E-state index in [1.807, 2.05) is 60.7 Å². The number of nitrogens with zero attached hydrogens (tertiary/aromatic N) is 4. The first-order valence-electron chi connectivity index (χ1n) is 16.6. The molecule has 4 bridgehead atoms. The van der Waals surface area contributed by atoms with Crippen LogP contribution >= 0.6 is 0 Å². The fourth-order valence-corrected chi connectivity index (χ4v) is 6.24. The zero-order chi connectivity index (χ0) is 33.9. The van der Waals surface area contributed by atoms with Crippen molar-refractivity contribution < 1.29 is 38.2 Å². The van der Waals surface area contributed by atoms with Crippen LogP contribution in [0.2, 0.25) is 0 Å². The molecule has 0 aromatic heterocycles. The minimum absolute atomic E-state index is 0.0396. The summed E-state index contributed by atoms with van der Waals surface area (Å²) in [5, 5.41) is 0. The van der Waals surface area contributed by atoms with Gasteiger partial charge in [-0.15, -0.1) is 0 Å². The SMILES string of the molecule is O=C1CCC2C(=O)N(CCCCCCN3C(=O)C(CCC(=O)OC/C=C/CO1)N(Cc1ccccc1)C3=O)C(=O)N2Cc1ccccc1. The Bertz CT molecular complexity index is 1390. The molecule has 2 saturated heterocycles. The average Bonchev–Trinajstić information content (AvgIpc) is 3.44. The predicted molar refractivity (Wildman–Crippen MR) is 174 cm³/mol. The van der Waals surface area contributed by atoms with Crippen LogP contribution in [0.1, 0.15) is 62.5 Å². The number of esters is 2. The van der Waals surface area contributed by atoms with Gasteiger partial charge in [-0.3, -0.25) is 29.0 Å². The van der Waals surface area contributed by atoms with Crippen LogP contribution in [0.25, 0.3) is 0 Å². The Balaban J connectivity index is 1.26. The van der Waals surface area contributed by atoms with Crippen molar-refractivity contribution in [1.82, 2.24) is 19.6 Å². The third-order valence-corrected chi connectivity index (χ3v) is 8.80. The molecule has 12 nitrogen and oxygen atoms in total. The lowest BCUT2D eigenvalue weighted by Crippen LogP contribution is -2.35. The van der Waals surface area contributed by atoms with Crippen LogP contribution in [0, 0.1) is 0 Å². The van der Waals surface area contributed by atoms with Crippen molar-refractivity contribution in [1.29, 1.82) is 0 Å². The monoisotopic (exact) mass is 658 g/mol. The highest BCUT2D eigenvalue weighted by atomic mass is 16.5. The highest BCUT2D eigenvalue weighted by Crippen LogP contribution is 2.27. The Morgan fingerprint density at radius 2 is 0.938 bits per heavy atom. The van der Waals surface area contributed by atoms with E-state index >= 15 is 0 Å². The number of urea groups is 2. The molecule has 0 aliphatic carbocycles. The molecule has 0 saturated carbocycles. The van der Waals surface area contributed by atoms with E-state index in [0.29, 0.717) is 25.7 Å². The Kier molecular flexibility index (Phi) is 12.0. The van der Waals surface area contributed by atoms with E-state index in [1.165, 1.54) is 19.6 Å². The lowest BCUT2D eigenvalue weighted by molar-refractivity contribution is -0.144. The Morgan fingerprint density at radius 1 is 0.542 bits per heavy atom. The highest BCUT2D eigenvalue weighted by molar-refractivity contribution is 6.05. The van der Waals surface area contributed by atoms with Crippen LogP contribution in [-0.2, 0) is 41.7 Å². The second-order valence-corrected chi connectivity index (χ2v) is 12.1. The van der Waals surface area contributed by atoms with Crippen molar-refractivity contribution in [2.24, 2.45) is 0 Å². The molecule has 0 spiro atoms. The van der Waals surface area contributed by atoms with Crippen molar-refractivity contribution >= 4 is 35.8 Å². The van der Waals surface area contributed by atoms with E-state index < -0.39 is 24.0 Å². The number of imide groups is 2. The number of cyclic esters (lactones) is 2. The lowest BCUT2D eigenvalue weighted by atomic mass is 10.1. The van der Waals surface area contributed by atoms with E-state index in [0.717, 1.165) is 11.1 Å². The van der Waals surface area contributed by atoms with Crippen LogP contribution in [0.5, 0.6) is 0 Å². The zero-order valence-electron chi connectivity index (χ0n) is 27.0. The molecule has 2 aromatic rings. The maximum absolute atomic E-state index is 13.5. The number of carbonyl (C=O) groups excluding carboxylic acids is 6. The summed E-state index contributed by atoms with van der Waals surface area (Å²) in [6.45, 7) is 0.860. The summed E-state index contributed by atoms with van der Waals surface area (Å²) >= 11 is 0. The average molecular weight is 659 g/mol. The standard InChI is InChI=1S/C36H42N4O8/c41-31-19-17-29-33(43)37(35(45)39(29)25-27-13-5-3-6-14-27)21-9-1-2-10-22-38-34(44)30(18-20-32(42)48-24-12-11-23-47-31)40(36(38)46)26-28-15-7-4-8-16-28/h3-8,11-16,29-30H,1-2,9-10,17-26H2/b12-11+. The fraction of sp³-hybridized carbons (Fsp3) is 0.444. The van der Waals surface area contributed by atoms with E-state index in [4.69, 9.17) is 9.47 Å². The smallest absolute Gasteiger partial charge is 0.327 e. The van der Waals surface area contributed by atoms with E-state index in [9.17, 15) is 28.8 Å². The van der Waals surface area contributed by atoms with Crippen LogP contribution in [0.3, 0.4) is 0 Å². The Morgan fingerprint density at radius 3 is 1.33 bits per heavy atom. The summed E-state index contributed by atoms with van der Waals surface area (Å²) in [4.78, 5) is 84.4. The van der Waals surface area contributed by atoms with E-state index in [-0.39, 0.29) is 89.0 Å². The predicted octanol–water partition coefficient (Wildman–Crippen LogP) is 4.43. The summed E-state index contributed by atoms with van der Waals surface area (Å²) in [7, 11) is 0. The van der Waals surface area contributed by atoms with Crippen LogP contribution < -0.4 is 0 Å². The second-order valence-electron chi connectivity index (χ2n) is 12.1. The quantitative estimate of drug-likeness (QED) is 0.268. The van der Waals surface area contributed by atoms with Crippen molar-refractivity contribution in [2.75, 3.05) is 26.3 Å². The fourth-order valence-electron chi connectivity index (χ4n) is 6.24. The molecule has 254 valence electrons. The van der Waals surface area contributed by atoms with Gasteiger partial charge in [0.1, 0.15) is 25.3 Å². The van der Waals surface area contributed by atoms with Gasteiger partial charge in [-0.05, 0) is 49.0 Å². The van der Waals surface area contributed by atoms with Crippen LogP contribution in [0.15, 0.2) is 72.8 Å². The van der Waals surface area contributed by atoms with Gasteiger partial charge in [-0.1, -0.05) is 73.5 Å². The summed E-state index contributed by atoms with van der Waals surface area (Å²) in [6, 6.07) is 16.4. The Hall–Kier alpha value is -5.00. The molecule has 2 aromatic carbocycles. The molecule has 0 N–H and O–H groups in total. The number of benzene rings is 2. The molecule has 3 aliphatic rings. The number of fused-ring (bicyclic) bond motifs is 4. The second kappa shape index (κ2) is 16.7. The summed E-state index contributed by atoms with van der Waals surface area (Å²) in [5.74, 6) is -1.68. The first kappa shape index (κ1) is 34.3. The molecule has 2 atom stereocenters. The molecular formula is C36H42N4O8. The molecule has 12 heteroatoms. The maximum Gasteiger partial charge on any atom is 0.327 e.